The van der Waals surface area contributed by atoms with Crippen LogP contribution in [0.4, 0.5) is 44.3 Å². The van der Waals surface area contributed by atoms with Crippen molar-refractivity contribution in [3.63, 3.8) is 0 Å². The quantitative estimate of drug-likeness (QED) is 0.226. The van der Waals surface area contributed by atoms with Gasteiger partial charge in [0, 0.05) is 36.2 Å². The molecule has 0 bridgehead atoms. The van der Waals surface area contributed by atoms with Crippen molar-refractivity contribution in [1.82, 2.24) is 9.80 Å². The molecule has 5 rings (SSSR count). The highest BCUT2D eigenvalue weighted by atomic mass is 19.4. The summed E-state index contributed by atoms with van der Waals surface area (Å²) in [4.78, 5) is 28.3. The van der Waals surface area contributed by atoms with Crippen LogP contribution in [0.2, 0.25) is 0 Å². The molecule has 6 nitrogen and oxygen atoms in total. The van der Waals surface area contributed by atoms with E-state index in [0.717, 1.165) is 29.5 Å². The number of nitrogens with zero attached hydrogens (tertiary/aromatic N) is 2. The number of allylic oxidation sites excluding steroid dienone is 3. The molecule has 2 aliphatic rings. The molecule has 3 atom stereocenters. The largest absolute Gasteiger partial charge is 0.496 e. The number of halogens is 9. The first-order valence-electron chi connectivity index (χ1n) is 16.2. The predicted molar refractivity (Wildman–Crippen MR) is 178 cm³/mol. The third-order valence-corrected chi connectivity index (χ3v) is 9.57. The average Bonchev–Trinajstić information content (AvgIpc) is 3.35. The number of rotatable bonds is 7. The fourth-order valence-corrected chi connectivity index (χ4v) is 6.94. The third-order valence-electron chi connectivity index (χ3n) is 9.57. The summed E-state index contributed by atoms with van der Waals surface area (Å²) in [5.74, 6) is 0.0423. The molecular weight excluding hydrogens is 719 g/mol. The van der Waals surface area contributed by atoms with Crippen LogP contribution in [0.25, 0.3) is 22.3 Å². The van der Waals surface area contributed by atoms with Gasteiger partial charge in [0.15, 0.2) is 0 Å². The molecule has 53 heavy (non-hydrogen) atoms. The van der Waals surface area contributed by atoms with Gasteiger partial charge in [-0.2, -0.15) is 39.5 Å². The number of carbonyl (C=O) groups is 2. The molecule has 1 unspecified atom stereocenters. The van der Waals surface area contributed by atoms with Crippen molar-refractivity contribution in [3.05, 3.63) is 100 Å². The summed E-state index contributed by atoms with van der Waals surface area (Å²) in [5, 5.41) is 0. The molecule has 1 aliphatic carbocycles. The SMILES string of the molecule is COc1ccc(-c2ccc(C(=O)N(C)C)cc2C)cc1-c1ccc(C(F)(F)F)cc1CN1C(=O)O[C@H](C2(C)C=C(C(F)(F)F)C=C(C(F)(F)F)C2)[C@@H]1C. The molecule has 1 heterocycles. The third kappa shape index (κ3) is 7.88. The Morgan fingerprint density at radius 2 is 1.57 bits per heavy atom. The molecule has 0 spiro atoms. The van der Waals surface area contributed by atoms with Gasteiger partial charge in [-0.05, 0) is 90.6 Å². The Hall–Kier alpha value is -4.95. The van der Waals surface area contributed by atoms with Crippen LogP contribution in [0.5, 0.6) is 5.75 Å². The maximum atomic E-state index is 14.1. The Kier molecular flexibility index (Phi) is 10.2. The zero-order chi connectivity index (χ0) is 39.4. The van der Waals surface area contributed by atoms with Crippen LogP contribution < -0.4 is 4.74 Å². The van der Waals surface area contributed by atoms with Crippen LogP contribution in [-0.2, 0) is 17.5 Å². The highest BCUT2D eigenvalue weighted by molar-refractivity contribution is 5.95. The van der Waals surface area contributed by atoms with Gasteiger partial charge in [0.1, 0.15) is 11.9 Å². The van der Waals surface area contributed by atoms with Gasteiger partial charge in [0.25, 0.3) is 5.91 Å². The molecule has 0 radical (unpaired) electrons. The van der Waals surface area contributed by atoms with Crippen molar-refractivity contribution in [2.75, 3.05) is 21.2 Å². The lowest BCUT2D eigenvalue weighted by molar-refractivity contribution is -0.137. The standard InChI is InChI=1S/C38H35F9N2O4/c1-20-13-23(33(50)48(4)5)7-10-28(20)22-8-12-31(52-6)30(15-22)29-11-9-25(36(39,40)41)14-24(29)19-49-21(2)32(53-34(49)51)35(3)17-26(37(42,43)44)16-27(18-35)38(45,46)47/h7-17,21,32H,18-19H2,1-6H3/t21-,32-,35?/m0/s1. The number of amides is 2. The smallest absolute Gasteiger partial charge is 0.416 e. The highest BCUT2D eigenvalue weighted by Crippen LogP contribution is 2.50. The number of carbonyl (C=O) groups excluding carboxylic acids is 2. The number of alkyl halides is 9. The summed E-state index contributed by atoms with van der Waals surface area (Å²) in [7, 11) is 4.59. The van der Waals surface area contributed by atoms with Crippen LogP contribution in [0.15, 0.2) is 77.9 Å². The van der Waals surface area contributed by atoms with Crippen molar-refractivity contribution < 1.29 is 58.6 Å². The van der Waals surface area contributed by atoms with Crippen LogP contribution in [-0.4, -0.2) is 67.5 Å². The average molecular weight is 755 g/mol. The lowest BCUT2D eigenvalue weighted by Crippen LogP contribution is -2.44. The zero-order valence-corrected chi connectivity index (χ0v) is 29.3. The maximum absolute atomic E-state index is 14.1. The second kappa shape index (κ2) is 13.8. The molecule has 3 aromatic rings. The molecule has 1 aliphatic heterocycles. The summed E-state index contributed by atoms with van der Waals surface area (Å²) < 4.78 is 136. The topological polar surface area (TPSA) is 59.1 Å². The Balaban J connectivity index is 1.57. The molecule has 1 fully saturated rings. The van der Waals surface area contributed by atoms with Crippen molar-refractivity contribution in [3.8, 4) is 28.0 Å². The van der Waals surface area contributed by atoms with Crippen LogP contribution >= 0.6 is 0 Å². The summed E-state index contributed by atoms with van der Waals surface area (Å²) in [5.41, 5.74) is -3.06. The molecular formula is C38H35F9N2O4. The van der Waals surface area contributed by atoms with Crippen molar-refractivity contribution >= 4 is 12.0 Å². The summed E-state index contributed by atoms with van der Waals surface area (Å²) >= 11 is 0. The minimum atomic E-state index is -5.14. The first-order chi connectivity index (χ1) is 24.4. The fourth-order valence-electron chi connectivity index (χ4n) is 6.94. The number of hydrogen-bond acceptors (Lipinski definition) is 4. The second-order valence-corrected chi connectivity index (χ2v) is 13.6. The molecule has 3 aromatic carbocycles. The number of ether oxygens (including phenoxy) is 2. The Bertz CT molecular complexity index is 2000. The molecule has 284 valence electrons. The molecule has 1 saturated heterocycles. The number of cyclic esters (lactones) is 1. The lowest BCUT2D eigenvalue weighted by Gasteiger charge is -2.38. The minimum Gasteiger partial charge on any atom is -0.496 e. The van der Waals surface area contributed by atoms with Crippen molar-refractivity contribution in [2.45, 2.75) is 64.4 Å². The van der Waals surface area contributed by atoms with E-state index in [0.29, 0.717) is 28.3 Å². The first-order valence-corrected chi connectivity index (χ1v) is 16.2. The summed E-state index contributed by atoms with van der Waals surface area (Å²) in [6.07, 6.45) is -18.0. The lowest BCUT2D eigenvalue weighted by atomic mass is 9.71. The monoisotopic (exact) mass is 754 g/mol. The van der Waals surface area contributed by atoms with Gasteiger partial charge in [0.05, 0.1) is 30.8 Å². The van der Waals surface area contributed by atoms with E-state index >= 15 is 0 Å². The first kappa shape index (κ1) is 39.3. The van der Waals surface area contributed by atoms with Crippen molar-refractivity contribution in [1.29, 1.82) is 0 Å². The molecule has 0 saturated carbocycles. The van der Waals surface area contributed by atoms with Gasteiger partial charge < -0.3 is 14.4 Å². The van der Waals surface area contributed by atoms with Crippen LogP contribution in [0.3, 0.4) is 0 Å². The number of aryl methyl sites for hydroxylation is 1. The van der Waals surface area contributed by atoms with Crippen molar-refractivity contribution in [2.24, 2.45) is 5.41 Å². The molecule has 0 N–H and O–H groups in total. The van der Waals surface area contributed by atoms with E-state index in [-0.39, 0.29) is 28.9 Å². The molecule has 15 heteroatoms. The number of hydrogen-bond donors (Lipinski definition) is 0. The normalized spacial score (nSPS) is 20.9. The number of benzene rings is 3. The van der Waals surface area contributed by atoms with Crippen LogP contribution in [0, 0.1) is 12.3 Å². The minimum absolute atomic E-state index is 0.0244. The van der Waals surface area contributed by atoms with E-state index in [1.165, 1.54) is 25.0 Å². The summed E-state index contributed by atoms with van der Waals surface area (Å²) in [6, 6.07) is 11.8. The predicted octanol–water partition coefficient (Wildman–Crippen LogP) is 10.2. The fraction of sp³-hybridized carbons (Fsp3) is 0.368. The van der Waals surface area contributed by atoms with Gasteiger partial charge in [0.2, 0.25) is 0 Å². The summed E-state index contributed by atoms with van der Waals surface area (Å²) in [6.45, 7) is 3.72. The second-order valence-electron chi connectivity index (χ2n) is 13.6. The van der Waals surface area contributed by atoms with E-state index in [1.54, 1.807) is 57.4 Å². The maximum Gasteiger partial charge on any atom is 0.416 e. The van der Waals surface area contributed by atoms with Crippen LogP contribution in [0.1, 0.15) is 47.3 Å². The van der Waals surface area contributed by atoms with Gasteiger partial charge in [-0.3, -0.25) is 9.69 Å². The Morgan fingerprint density at radius 3 is 2.13 bits per heavy atom. The van der Waals surface area contributed by atoms with Gasteiger partial charge in [-0.1, -0.05) is 31.2 Å². The van der Waals surface area contributed by atoms with E-state index < -0.39 is 71.9 Å². The van der Waals surface area contributed by atoms with E-state index in [1.807, 2.05) is 0 Å². The van der Waals surface area contributed by atoms with Gasteiger partial charge in [-0.15, -0.1) is 0 Å². The number of methoxy groups -OCH3 is 1. The van der Waals surface area contributed by atoms with E-state index in [9.17, 15) is 49.1 Å². The zero-order valence-electron chi connectivity index (χ0n) is 29.3. The van der Waals surface area contributed by atoms with E-state index in [4.69, 9.17) is 9.47 Å². The Morgan fingerprint density at radius 1 is 0.906 bits per heavy atom. The Labute approximate surface area is 299 Å². The van der Waals surface area contributed by atoms with E-state index in [2.05, 4.69) is 0 Å². The van der Waals surface area contributed by atoms with Gasteiger partial charge in [-0.25, -0.2) is 4.79 Å². The highest BCUT2D eigenvalue weighted by Gasteiger charge is 2.54. The molecule has 0 aromatic heterocycles. The van der Waals surface area contributed by atoms with Gasteiger partial charge >= 0.3 is 24.6 Å². The molecule has 2 amide bonds.